The van der Waals surface area contributed by atoms with Crippen LogP contribution in [0, 0.1) is 0 Å². The lowest BCUT2D eigenvalue weighted by Crippen LogP contribution is -2.09. The van der Waals surface area contributed by atoms with E-state index in [9.17, 15) is 19.5 Å². The second-order valence-electron chi connectivity index (χ2n) is 4.94. The number of halogens is 1. The molecule has 6 nitrogen and oxygen atoms in total. The lowest BCUT2D eigenvalue weighted by atomic mass is 10.1. The van der Waals surface area contributed by atoms with Crippen molar-refractivity contribution in [3.8, 4) is 0 Å². The molecular formula is C15H11ClN2O4S. The third-order valence-electron chi connectivity index (χ3n) is 3.34. The smallest absolute Gasteiger partial charge is 0.340 e. The molecule has 2 aromatic heterocycles. The van der Waals surface area contributed by atoms with Gasteiger partial charge in [0.15, 0.2) is 0 Å². The Labute approximate surface area is 139 Å². The minimum atomic E-state index is -1.11. The van der Waals surface area contributed by atoms with E-state index in [0.29, 0.717) is 11.4 Å². The maximum atomic E-state index is 11.3. The monoisotopic (exact) mass is 350 g/mol. The highest BCUT2D eigenvalue weighted by atomic mass is 35.5. The Morgan fingerprint density at radius 2 is 1.83 bits per heavy atom. The van der Waals surface area contributed by atoms with Gasteiger partial charge in [-0.25, -0.2) is 4.79 Å². The second kappa shape index (κ2) is 6.02. The molecule has 8 heteroatoms. The van der Waals surface area contributed by atoms with Crippen molar-refractivity contribution in [1.29, 1.82) is 0 Å². The number of nitrogens with zero attached hydrogens (tertiary/aromatic N) is 1. The van der Waals surface area contributed by atoms with Crippen molar-refractivity contribution < 1.29 is 9.90 Å². The van der Waals surface area contributed by atoms with Gasteiger partial charge in [-0.1, -0.05) is 23.7 Å². The van der Waals surface area contributed by atoms with Gasteiger partial charge >= 0.3 is 17.1 Å². The number of aromatic nitrogens is 1. The number of carboxylic acid groups (broad SMARTS) is 1. The van der Waals surface area contributed by atoms with Crippen molar-refractivity contribution in [3.05, 3.63) is 72.1 Å². The number of anilines is 1. The SMILES string of the molecule is O=C(O)c1cc(CCc2ccc(Cl)cc2)sc1Nn1c(=O)c1=O. The van der Waals surface area contributed by atoms with Gasteiger partial charge in [-0.05, 0) is 36.6 Å². The summed E-state index contributed by atoms with van der Waals surface area (Å²) in [5, 5.41) is 10.2. The molecule has 0 unspecified atom stereocenters. The fourth-order valence-electron chi connectivity index (χ4n) is 2.06. The second-order valence-corrected chi connectivity index (χ2v) is 6.52. The molecule has 0 aliphatic heterocycles. The summed E-state index contributed by atoms with van der Waals surface area (Å²) in [6, 6.07) is 9.00. The molecule has 2 N–H and O–H groups in total. The summed E-state index contributed by atoms with van der Waals surface area (Å²) in [6.45, 7) is 0. The minimum absolute atomic E-state index is 0.0496. The fourth-order valence-corrected chi connectivity index (χ4v) is 3.23. The number of aryl methyl sites for hydroxylation is 2. The molecule has 0 aliphatic carbocycles. The summed E-state index contributed by atoms with van der Waals surface area (Å²) in [6.07, 6.45) is 1.38. The largest absolute Gasteiger partial charge is 0.478 e. The Morgan fingerprint density at radius 1 is 1.17 bits per heavy atom. The Bertz CT molecular complexity index is 910. The lowest BCUT2D eigenvalue weighted by Gasteiger charge is -2.00. The van der Waals surface area contributed by atoms with Crippen LogP contribution < -0.4 is 16.5 Å². The maximum absolute atomic E-state index is 11.3. The molecule has 0 spiro atoms. The van der Waals surface area contributed by atoms with Gasteiger partial charge in [0.05, 0.1) is 5.56 Å². The number of aromatic carboxylic acids is 1. The van der Waals surface area contributed by atoms with Gasteiger partial charge < -0.3 is 5.11 Å². The van der Waals surface area contributed by atoms with Crippen molar-refractivity contribution in [2.45, 2.75) is 12.8 Å². The van der Waals surface area contributed by atoms with E-state index in [2.05, 4.69) is 5.43 Å². The van der Waals surface area contributed by atoms with Crippen LogP contribution in [-0.2, 0) is 12.8 Å². The Morgan fingerprint density at radius 3 is 2.39 bits per heavy atom. The number of carboxylic acids is 1. The fraction of sp³-hybridized carbons (Fsp3) is 0.133. The van der Waals surface area contributed by atoms with Crippen LogP contribution in [0.25, 0.3) is 0 Å². The van der Waals surface area contributed by atoms with Crippen molar-refractivity contribution in [1.82, 2.24) is 4.68 Å². The van der Waals surface area contributed by atoms with E-state index < -0.39 is 17.1 Å². The number of rotatable bonds is 6. The number of nitrogens with one attached hydrogen (secondary N) is 1. The highest BCUT2D eigenvalue weighted by Crippen LogP contribution is 2.29. The number of hydrogen-bond acceptors (Lipinski definition) is 5. The van der Waals surface area contributed by atoms with Gasteiger partial charge in [0, 0.05) is 9.90 Å². The van der Waals surface area contributed by atoms with Gasteiger partial charge in [0.2, 0.25) is 0 Å². The topological polar surface area (TPSA) is 88.4 Å². The standard InChI is InChI=1S/C15H11ClN2O4S/c16-9-4-1-8(2-5-9)3-6-10-7-11(15(21)22)12(23-10)17-18-13(19)14(18)20/h1-2,4-5,7,17H,3,6H2,(H,21,22). The predicted octanol–water partition coefficient (Wildman–Crippen LogP) is 2.16. The zero-order valence-corrected chi connectivity index (χ0v) is 13.3. The van der Waals surface area contributed by atoms with E-state index in [4.69, 9.17) is 11.6 Å². The number of carbonyl (C=O) groups is 1. The van der Waals surface area contributed by atoms with Crippen molar-refractivity contribution >= 4 is 33.9 Å². The molecule has 0 bridgehead atoms. The first-order valence-electron chi connectivity index (χ1n) is 6.71. The quantitative estimate of drug-likeness (QED) is 0.665. The summed E-state index contributed by atoms with van der Waals surface area (Å²) in [5.74, 6) is -1.11. The summed E-state index contributed by atoms with van der Waals surface area (Å²) in [4.78, 5) is 34.1. The van der Waals surface area contributed by atoms with Crippen LogP contribution >= 0.6 is 22.9 Å². The van der Waals surface area contributed by atoms with Gasteiger partial charge in [-0.2, -0.15) is 4.68 Å². The van der Waals surface area contributed by atoms with Crippen LogP contribution in [0.15, 0.2) is 39.9 Å². The van der Waals surface area contributed by atoms with Crippen LogP contribution in [0.4, 0.5) is 5.00 Å². The summed E-state index contributed by atoms with van der Waals surface area (Å²) < 4.78 is 0.793. The summed E-state index contributed by atoms with van der Waals surface area (Å²) >= 11 is 7.05. The molecule has 0 aliphatic rings. The molecule has 23 heavy (non-hydrogen) atoms. The van der Waals surface area contributed by atoms with Crippen LogP contribution in [0.1, 0.15) is 20.8 Å². The van der Waals surface area contributed by atoms with E-state index in [-0.39, 0.29) is 10.6 Å². The Kier molecular flexibility index (Phi) is 4.06. The highest BCUT2D eigenvalue weighted by molar-refractivity contribution is 7.16. The zero-order chi connectivity index (χ0) is 16.6. The Hall–Kier alpha value is -2.38. The van der Waals surface area contributed by atoms with Crippen LogP contribution in [0.3, 0.4) is 0 Å². The number of thiophene rings is 1. The molecule has 0 radical (unpaired) electrons. The van der Waals surface area contributed by atoms with E-state index >= 15 is 0 Å². The van der Waals surface area contributed by atoms with Crippen LogP contribution in [0.2, 0.25) is 5.02 Å². The van der Waals surface area contributed by atoms with Gasteiger partial charge in [-0.15, -0.1) is 11.3 Å². The number of benzene rings is 1. The highest BCUT2D eigenvalue weighted by Gasteiger charge is 2.21. The average Bonchev–Trinajstić information content (AvgIpc) is 2.93. The van der Waals surface area contributed by atoms with Crippen molar-refractivity contribution in [3.63, 3.8) is 0 Å². The molecule has 0 saturated carbocycles. The van der Waals surface area contributed by atoms with E-state index in [1.54, 1.807) is 18.2 Å². The molecule has 0 saturated heterocycles. The van der Waals surface area contributed by atoms with E-state index in [1.807, 2.05) is 12.1 Å². The third-order valence-corrected chi connectivity index (χ3v) is 4.69. The Balaban J connectivity index is 1.76. The van der Waals surface area contributed by atoms with Crippen molar-refractivity contribution in [2.24, 2.45) is 0 Å². The lowest BCUT2D eigenvalue weighted by molar-refractivity contribution is 0.0698. The molecule has 2 heterocycles. The first kappa shape index (κ1) is 15.5. The molecule has 0 atom stereocenters. The van der Waals surface area contributed by atoms with E-state index in [0.717, 1.165) is 21.5 Å². The van der Waals surface area contributed by atoms with Crippen LogP contribution in [0.5, 0.6) is 0 Å². The normalized spacial score (nSPS) is 11.0. The van der Waals surface area contributed by atoms with Gasteiger partial charge in [0.1, 0.15) is 5.00 Å². The summed E-state index contributed by atoms with van der Waals surface area (Å²) in [7, 11) is 0. The molecule has 3 aromatic rings. The minimum Gasteiger partial charge on any atom is -0.478 e. The van der Waals surface area contributed by atoms with Crippen molar-refractivity contribution in [2.75, 3.05) is 5.43 Å². The van der Waals surface area contributed by atoms with Crippen LogP contribution in [-0.4, -0.2) is 15.8 Å². The maximum Gasteiger partial charge on any atom is 0.340 e. The molecule has 0 fully saturated rings. The number of hydrogen-bond donors (Lipinski definition) is 2. The average molecular weight is 351 g/mol. The molecule has 3 rings (SSSR count). The predicted molar refractivity (Wildman–Crippen MR) is 88.5 cm³/mol. The molecule has 1 aromatic carbocycles. The first-order valence-corrected chi connectivity index (χ1v) is 7.90. The molecule has 0 amide bonds. The summed E-state index contributed by atoms with van der Waals surface area (Å²) in [5.41, 5.74) is 2.35. The molecular weight excluding hydrogens is 340 g/mol. The first-order chi connectivity index (χ1) is 11.0. The molecule has 118 valence electrons. The van der Waals surface area contributed by atoms with E-state index in [1.165, 1.54) is 11.3 Å². The van der Waals surface area contributed by atoms with Gasteiger partial charge in [0.25, 0.3) is 0 Å². The third kappa shape index (κ3) is 3.35. The van der Waals surface area contributed by atoms with Gasteiger partial charge in [-0.3, -0.25) is 15.0 Å². The zero-order valence-electron chi connectivity index (χ0n) is 11.7.